The summed E-state index contributed by atoms with van der Waals surface area (Å²) in [6, 6.07) is 12.4. The van der Waals surface area contributed by atoms with Gasteiger partial charge >= 0.3 is 0 Å². The highest BCUT2D eigenvalue weighted by atomic mass is 16.1. The molecule has 0 spiro atoms. The van der Waals surface area contributed by atoms with Crippen LogP contribution in [0.4, 0.5) is 11.4 Å². The Morgan fingerprint density at radius 3 is 2.64 bits per heavy atom. The molecule has 5 heteroatoms. The third-order valence-electron chi connectivity index (χ3n) is 2.81. The van der Waals surface area contributed by atoms with Gasteiger partial charge in [0.15, 0.2) is 0 Å². The van der Waals surface area contributed by atoms with Crippen LogP contribution in [0, 0.1) is 11.3 Å². The minimum Gasteiger partial charge on any atom is -0.380 e. The van der Waals surface area contributed by atoms with Crippen molar-refractivity contribution in [3.05, 3.63) is 53.9 Å². The number of amides is 1. The Bertz CT molecular complexity index is 726. The lowest BCUT2D eigenvalue weighted by molar-refractivity contribution is 0.102. The fourth-order valence-corrected chi connectivity index (χ4v) is 1.94. The molecule has 1 heterocycles. The molecule has 1 aromatic carbocycles. The van der Waals surface area contributed by atoms with Crippen LogP contribution in [0.1, 0.15) is 36.8 Å². The topological polar surface area (TPSA) is 77.8 Å². The number of hydrogen-bond acceptors (Lipinski definition) is 4. The van der Waals surface area contributed by atoms with E-state index in [1.54, 1.807) is 36.5 Å². The first-order valence-electron chi connectivity index (χ1n) is 6.94. The van der Waals surface area contributed by atoms with Crippen LogP contribution in [0.25, 0.3) is 0 Å². The Morgan fingerprint density at radius 1 is 1.23 bits per heavy atom. The monoisotopic (exact) mass is 294 g/mol. The second-order valence-electron chi connectivity index (χ2n) is 5.92. The Kier molecular flexibility index (Phi) is 4.42. The molecule has 0 unspecified atom stereocenters. The Balaban J connectivity index is 2.20. The Morgan fingerprint density at radius 2 is 1.95 bits per heavy atom. The number of hydrogen-bond donors (Lipinski definition) is 2. The summed E-state index contributed by atoms with van der Waals surface area (Å²) in [6.07, 6.45) is 1.58. The van der Waals surface area contributed by atoms with E-state index in [9.17, 15) is 4.79 Å². The predicted molar refractivity (Wildman–Crippen MR) is 86.7 cm³/mol. The van der Waals surface area contributed by atoms with E-state index in [1.165, 1.54) is 0 Å². The molecule has 2 rings (SSSR count). The van der Waals surface area contributed by atoms with Gasteiger partial charge in [0.1, 0.15) is 11.8 Å². The van der Waals surface area contributed by atoms with E-state index >= 15 is 0 Å². The maximum atomic E-state index is 12.3. The van der Waals surface area contributed by atoms with Crippen LogP contribution in [0.5, 0.6) is 0 Å². The van der Waals surface area contributed by atoms with Gasteiger partial charge < -0.3 is 10.6 Å². The summed E-state index contributed by atoms with van der Waals surface area (Å²) in [6.45, 7) is 6.11. The van der Waals surface area contributed by atoms with Gasteiger partial charge in [0.25, 0.3) is 5.91 Å². The van der Waals surface area contributed by atoms with Crippen molar-refractivity contribution in [1.82, 2.24) is 4.98 Å². The summed E-state index contributed by atoms with van der Waals surface area (Å²) in [5.41, 5.74) is 1.90. The predicted octanol–water partition coefficient (Wildman–Crippen LogP) is 3.42. The Hall–Kier alpha value is -2.87. The zero-order valence-electron chi connectivity index (χ0n) is 12.8. The van der Waals surface area contributed by atoms with Gasteiger partial charge in [0, 0.05) is 17.4 Å². The van der Waals surface area contributed by atoms with Crippen LogP contribution in [0.2, 0.25) is 0 Å². The van der Waals surface area contributed by atoms with E-state index in [0.29, 0.717) is 16.9 Å². The molecule has 22 heavy (non-hydrogen) atoms. The molecule has 2 aromatic rings. The van der Waals surface area contributed by atoms with Crippen LogP contribution in [0.15, 0.2) is 42.6 Å². The molecule has 0 bridgehead atoms. The summed E-state index contributed by atoms with van der Waals surface area (Å²) < 4.78 is 0. The van der Waals surface area contributed by atoms with E-state index in [1.807, 2.05) is 32.9 Å². The molecule has 112 valence electrons. The van der Waals surface area contributed by atoms with Crippen molar-refractivity contribution >= 4 is 17.3 Å². The van der Waals surface area contributed by atoms with Crippen LogP contribution < -0.4 is 10.6 Å². The highest BCUT2D eigenvalue weighted by Crippen LogP contribution is 2.17. The maximum Gasteiger partial charge on any atom is 0.274 e. The molecule has 0 aliphatic heterocycles. The average molecular weight is 294 g/mol. The van der Waals surface area contributed by atoms with Crippen LogP contribution in [0.3, 0.4) is 0 Å². The molecule has 5 nitrogen and oxygen atoms in total. The zero-order chi connectivity index (χ0) is 16.2. The van der Waals surface area contributed by atoms with E-state index < -0.39 is 0 Å². The smallest absolute Gasteiger partial charge is 0.274 e. The van der Waals surface area contributed by atoms with Gasteiger partial charge in [-0.3, -0.25) is 9.78 Å². The lowest BCUT2D eigenvalue weighted by Gasteiger charge is -2.22. The Labute approximate surface area is 130 Å². The van der Waals surface area contributed by atoms with Crippen molar-refractivity contribution < 1.29 is 4.79 Å². The van der Waals surface area contributed by atoms with Crippen molar-refractivity contribution in [2.45, 2.75) is 26.3 Å². The summed E-state index contributed by atoms with van der Waals surface area (Å²) >= 11 is 0. The first-order chi connectivity index (χ1) is 10.4. The van der Waals surface area contributed by atoms with Gasteiger partial charge in [-0.25, -0.2) is 0 Å². The number of para-hydroxylation sites is 1. The fraction of sp³-hybridized carbons (Fsp3) is 0.235. The number of carbonyl (C=O) groups is 1. The second kappa shape index (κ2) is 6.27. The summed E-state index contributed by atoms with van der Waals surface area (Å²) in [7, 11) is 0. The molecule has 0 aliphatic rings. The molecule has 0 fully saturated rings. The van der Waals surface area contributed by atoms with Gasteiger partial charge in [-0.15, -0.1) is 0 Å². The van der Waals surface area contributed by atoms with Gasteiger partial charge in [-0.05, 0) is 45.0 Å². The molecular formula is C17H18N4O. The lowest BCUT2D eigenvalue weighted by Crippen LogP contribution is -2.26. The molecule has 0 atom stereocenters. The quantitative estimate of drug-likeness (QED) is 0.909. The van der Waals surface area contributed by atoms with Crippen LogP contribution in [-0.2, 0) is 0 Å². The average Bonchev–Trinajstić information content (AvgIpc) is 2.46. The minimum absolute atomic E-state index is 0.109. The third-order valence-corrected chi connectivity index (χ3v) is 2.81. The highest BCUT2D eigenvalue weighted by molar-refractivity contribution is 6.04. The van der Waals surface area contributed by atoms with Crippen molar-refractivity contribution in [3.63, 3.8) is 0 Å². The van der Waals surface area contributed by atoms with Crippen molar-refractivity contribution in [3.8, 4) is 6.07 Å². The van der Waals surface area contributed by atoms with Crippen LogP contribution in [-0.4, -0.2) is 16.4 Å². The standard InChI is InChI=1S/C17H18N4O/c1-17(2,3)21-13-8-9-19-15(10-13)16(22)20-14-7-5-4-6-12(14)11-18/h4-10H,1-3H3,(H,19,21)(H,20,22). The number of benzene rings is 1. The normalized spacial score (nSPS) is 10.6. The van der Waals surface area contributed by atoms with E-state index in [-0.39, 0.29) is 11.4 Å². The van der Waals surface area contributed by atoms with E-state index in [0.717, 1.165) is 5.69 Å². The third kappa shape index (κ3) is 4.06. The SMILES string of the molecule is CC(C)(C)Nc1ccnc(C(=O)Nc2ccccc2C#N)c1. The lowest BCUT2D eigenvalue weighted by atomic mass is 10.1. The van der Waals surface area contributed by atoms with Crippen molar-refractivity contribution in [2.75, 3.05) is 10.6 Å². The van der Waals surface area contributed by atoms with Crippen LogP contribution >= 0.6 is 0 Å². The first kappa shape index (κ1) is 15.5. The molecule has 1 aromatic heterocycles. The number of rotatable bonds is 3. The van der Waals surface area contributed by atoms with Gasteiger partial charge in [-0.1, -0.05) is 12.1 Å². The minimum atomic E-state index is -0.347. The number of anilines is 2. The number of nitrogens with zero attached hydrogens (tertiary/aromatic N) is 2. The summed E-state index contributed by atoms with van der Waals surface area (Å²) in [5, 5.41) is 15.1. The molecule has 0 saturated carbocycles. The second-order valence-corrected chi connectivity index (χ2v) is 5.92. The number of pyridine rings is 1. The molecule has 0 saturated heterocycles. The summed E-state index contributed by atoms with van der Waals surface area (Å²) in [5.74, 6) is -0.347. The molecule has 1 amide bonds. The fourth-order valence-electron chi connectivity index (χ4n) is 1.94. The number of carbonyl (C=O) groups excluding carboxylic acids is 1. The number of aromatic nitrogens is 1. The molecule has 2 N–H and O–H groups in total. The van der Waals surface area contributed by atoms with Crippen molar-refractivity contribution in [1.29, 1.82) is 5.26 Å². The van der Waals surface area contributed by atoms with E-state index in [4.69, 9.17) is 5.26 Å². The highest BCUT2D eigenvalue weighted by Gasteiger charge is 2.13. The van der Waals surface area contributed by atoms with E-state index in [2.05, 4.69) is 15.6 Å². The van der Waals surface area contributed by atoms with Crippen molar-refractivity contribution in [2.24, 2.45) is 0 Å². The molecule has 0 radical (unpaired) electrons. The first-order valence-corrected chi connectivity index (χ1v) is 6.94. The largest absolute Gasteiger partial charge is 0.380 e. The van der Waals surface area contributed by atoms with Gasteiger partial charge in [0.2, 0.25) is 0 Å². The van der Waals surface area contributed by atoms with Gasteiger partial charge in [-0.2, -0.15) is 5.26 Å². The number of nitriles is 1. The maximum absolute atomic E-state index is 12.3. The molecular weight excluding hydrogens is 276 g/mol. The number of nitrogens with one attached hydrogen (secondary N) is 2. The summed E-state index contributed by atoms with van der Waals surface area (Å²) in [4.78, 5) is 16.4. The zero-order valence-corrected chi connectivity index (χ0v) is 12.8. The molecule has 0 aliphatic carbocycles. The van der Waals surface area contributed by atoms with Gasteiger partial charge in [0.05, 0.1) is 11.3 Å².